The molecule has 74 valence electrons. The van der Waals surface area contributed by atoms with E-state index in [-0.39, 0.29) is 11.2 Å². The number of nitrogens with one attached hydrogen (secondary N) is 2. The van der Waals surface area contributed by atoms with Crippen molar-refractivity contribution in [3.8, 4) is 0 Å². The quantitative estimate of drug-likeness (QED) is 0.731. The monoisotopic (exact) mass is 208 g/mol. The van der Waals surface area contributed by atoms with Crippen molar-refractivity contribution in [2.45, 2.75) is 10.1 Å². The van der Waals surface area contributed by atoms with Crippen LogP contribution in [0.3, 0.4) is 0 Å². The van der Waals surface area contributed by atoms with E-state index in [2.05, 4.69) is 10.6 Å². The molecule has 0 unspecified atom stereocenters. The van der Waals surface area contributed by atoms with E-state index in [9.17, 15) is 4.79 Å². The van der Waals surface area contributed by atoms with Crippen molar-refractivity contribution < 1.29 is 4.79 Å². The molecule has 0 aliphatic carbocycles. The lowest BCUT2D eigenvalue weighted by Crippen LogP contribution is -2.36. The molecule has 0 spiro atoms. The van der Waals surface area contributed by atoms with E-state index >= 15 is 0 Å². The first kappa shape index (κ1) is 9.40. The summed E-state index contributed by atoms with van der Waals surface area (Å²) >= 11 is 1.62. The standard InChI is InChI=1S/C10H12N2OS/c1-11-10(13)9-6-12-7-4-2-3-5-8(7)14-9/h2-5,9,12H,6H2,1H3,(H,11,13)/t9-/m1/s1. The van der Waals surface area contributed by atoms with Crippen LogP contribution in [-0.2, 0) is 4.79 Å². The Balaban J connectivity index is 2.17. The number of para-hydroxylation sites is 1. The molecule has 1 amide bonds. The van der Waals surface area contributed by atoms with Crippen LogP contribution in [0.2, 0.25) is 0 Å². The summed E-state index contributed by atoms with van der Waals surface area (Å²) in [5.41, 5.74) is 1.12. The Labute approximate surface area is 87.3 Å². The van der Waals surface area contributed by atoms with Crippen LogP contribution in [0.4, 0.5) is 5.69 Å². The van der Waals surface area contributed by atoms with Crippen LogP contribution in [0.1, 0.15) is 0 Å². The Kier molecular flexibility index (Phi) is 2.63. The number of benzene rings is 1. The van der Waals surface area contributed by atoms with Gasteiger partial charge in [0.1, 0.15) is 5.25 Å². The third-order valence-electron chi connectivity index (χ3n) is 2.17. The predicted octanol–water partition coefficient (Wildman–Crippen LogP) is 1.32. The summed E-state index contributed by atoms with van der Waals surface area (Å²) in [6.07, 6.45) is 0. The number of hydrogen-bond acceptors (Lipinski definition) is 3. The summed E-state index contributed by atoms with van der Waals surface area (Å²) in [5, 5.41) is 5.89. The van der Waals surface area contributed by atoms with Gasteiger partial charge in [-0.3, -0.25) is 4.79 Å². The first-order valence-electron chi connectivity index (χ1n) is 4.52. The molecule has 2 rings (SSSR count). The highest BCUT2D eigenvalue weighted by atomic mass is 32.2. The Morgan fingerprint density at radius 1 is 1.57 bits per heavy atom. The number of anilines is 1. The van der Waals surface area contributed by atoms with Gasteiger partial charge in [0.2, 0.25) is 5.91 Å². The van der Waals surface area contributed by atoms with Gasteiger partial charge in [-0.2, -0.15) is 0 Å². The fraction of sp³-hybridized carbons (Fsp3) is 0.300. The second-order valence-electron chi connectivity index (χ2n) is 3.10. The van der Waals surface area contributed by atoms with E-state index < -0.39 is 0 Å². The van der Waals surface area contributed by atoms with E-state index in [1.165, 1.54) is 0 Å². The molecular weight excluding hydrogens is 196 g/mol. The van der Waals surface area contributed by atoms with E-state index in [1.54, 1.807) is 18.8 Å². The van der Waals surface area contributed by atoms with Crippen LogP contribution in [0.15, 0.2) is 29.2 Å². The Morgan fingerprint density at radius 2 is 2.36 bits per heavy atom. The molecular formula is C10H12N2OS. The maximum Gasteiger partial charge on any atom is 0.235 e. The highest BCUT2D eigenvalue weighted by molar-refractivity contribution is 8.00. The molecule has 1 aromatic rings. The Bertz CT molecular complexity index is 354. The number of hydrogen-bond donors (Lipinski definition) is 2. The largest absolute Gasteiger partial charge is 0.382 e. The van der Waals surface area contributed by atoms with Crippen molar-refractivity contribution >= 4 is 23.4 Å². The Hall–Kier alpha value is -1.16. The Morgan fingerprint density at radius 3 is 3.14 bits per heavy atom. The van der Waals surface area contributed by atoms with Crippen LogP contribution in [0, 0.1) is 0 Å². The first-order valence-corrected chi connectivity index (χ1v) is 5.40. The zero-order valence-electron chi connectivity index (χ0n) is 7.91. The third-order valence-corrected chi connectivity index (χ3v) is 3.45. The highest BCUT2D eigenvalue weighted by Crippen LogP contribution is 2.34. The van der Waals surface area contributed by atoms with Crippen LogP contribution >= 0.6 is 11.8 Å². The zero-order valence-corrected chi connectivity index (χ0v) is 8.73. The zero-order chi connectivity index (χ0) is 9.97. The van der Waals surface area contributed by atoms with Gasteiger partial charge in [0.25, 0.3) is 0 Å². The van der Waals surface area contributed by atoms with Gasteiger partial charge in [0.05, 0.1) is 0 Å². The SMILES string of the molecule is CNC(=O)[C@H]1CNc2ccccc2S1. The van der Waals surface area contributed by atoms with Crippen molar-refractivity contribution in [3.63, 3.8) is 0 Å². The number of carbonyl (C=O) groups is 1. The van der Waals surface area contributed by atoms with Gasteiger partial charge in [-0.05, 0) is 12.1 Å². The molecule has 3 nitrogen and oxygen atoms in total. The summed E-state index contributed by atoms with van der Waals surface area (Å²) in [5.74, 6) is 0.0806. The first-order chi connectivity index (χ1) is 6.81. The lowest BCUT2D eigenvalue weighted by Gasteiger charge is -2.24. The van der Waals surface area contributed by atoms with E-state index in [4.69, 9.17) is 0 Å². The maximum atomic E-state index is 11.4. The molecule has 14 heavy (non-hydrogen) atoms. The molecule has 4 heteroatoms. The topological polar surface area (TPSA) is 41.1 Å². The minimum atomic E-state index is -0.0186. The summed E-state index contributed by atoms with van der Waals surface area (Å²) in [7, 11) is 1.67. The normalized spacial score (nSPS) is 19.4. The van der Waals surface area contributed by atoms with Gasteiger partial charge >= 0.3 is 0 Å². The average molecular weight is 208 g/mol. The van der Waals surface area contributed by atoms with Gasteiger partial charge in [-0.15, -0.1) is 11.8 Å². The number of fused-ring (bicyclic) bond motifs is 1. The van der Waals surface area contributed by atoms with Crippen LogP contribution < -0.4 is 10.6 Å². The van der Waals surface area contributed by atoms with Crippen molar-refractivity contribution in [1.29, 1.82) is 0 Å². The fourth-order valence-electron chi connectivity index (χ4n) is 1.42. The fourth-order valence-corrected chi connectivity index (χ4v) is 2.54. The van der Waals surface area contributed by atoms with Gasteiger partial charge in [0.15, 0.2) is 0 Å². The maximum absolute atomic E-state index is 11.4. The number of amides is 1. The van der Waals surface area contributed by atoms with Crippen LogP contribution in [0.25, 0.3) is 0 Å². The van der Waals surface area contributed by atoms with Gasteiger partial charge in [0, 0.05) is 24.2 Å². The smallest absolute Gasteiger partial charge is 0.235 e. The molecule has 1 atom stereocenters. The van der Waals surface area contributed by atoms with E-state index in [1.807, 2.05) is 24.3 Å². The minimum Gasteiger partial charge on any atom is -0.382 e. The summed E-state index contributed by atoms with van der Waals surface area (Å²) in [6, 6.07) is 8.04. The van der Waals surface area contributed by atoms with Crippen molar-refractivity contribution in [1.82, 2.24) is 5.32 Å². The molecule has 0 bridgehead atoms. The molecule has 0 saturated heterocycles. The molecule has 0 aromatic heterocycles. The molecule has 1 heterocycles. The number of thioether (sulfide) groups is 1. The van der Waals surface area contributed by atoms with E-state index in [0.29, 0.717) is 6.54 Å². The molecule has 0 saturated carbocycles. The highest BCUT2D eigenvalue weighted by Gasteiger charge is 2.23. The molecule has 2 N–H and O–H groups in total. The molecule has 0 fully saturated rings. The van der Waals surface area contributed by atoms with Crippen molar-refractivity contribution in [3.05, 3.63) is 24.3 Å². The summed E-state index contributed by atoms with van der Waals surface area (Å²) < 4.78 is 0. The number of carbonyl (C=O) groups excluding carboxylic acids is 1. The molecule has 0 radical (unpaired) electrons. The van der Waals surface area contributed by atoms with Crippen molar-refractivity contribution in [2.24, 2.45) is 0 Å². The molecule has 1 aliphatic rings. The molecule has 1 aliphatic heterocycles. The van der Waals surface area contributed by atoms with Crippen LogP contribution in [0.5, 0.6) is 0 Å². The molecule has 1 aromatic carbocycles. The number of rotatable bonds is 1. The van der Waals surface area contributed by atoms with Gasteiger partial charge < -0.3 is 10.6 Å². The van der Waals surface area contributed by atoms with Gasteiger partial charge in [-0.25, -0.2) is 0 Å². The second kappa shape index (κ2) is 3.92. The lowest BCUT2D eigenvalue weighted by molar-refractivity contribution is -0.119. The summed E-state index contributed by atoms with van der Waals surface area (Å²) in [6.45, 7) is 0.696. The van der Waals surface area contributed by atoms with Crippen molar-refractivity contribution in [2.75, 3.05) is 18.9 Å². The second-order valence-corrected chi connectivity index (χ2v) is 4.34. The minimum absolute atomic E-state index is 0.0186. The van der Waals surface area contributed by atoms with Gasteiger partial charge in [-0.1, -0.05) is 12.1 Å². The van der Waals surface area contributed by atoms with E-state index in [0.717, 1.165) is 10.6 Å². The average Bonchev–Trinajstić information content (AvgIpc) is 2.27. The van der Waals surface area contributed by atoms with Crippen LogP contribution in [-0.4, -0.2) is 24.7 Å². The summed E-state index contributed by atoms with van der Waals surface area (Å²) in [4.78, 5) is 12.6. The predicted molar refractivity (Wildman–Crippen MR) is 58.6 cm³/mol. The lowest BCUT2D eigenvalue weighted by atomic mass is 10.3. The third kappa shape index (κ3) is 1.70.